The van der Waals surface area contributed by atoms with Gasteiger partial charge in [0.15, 0.2) is 0 Å². The number of benzene rings is 1. The van der Waals surface area contributed by atoms with Crippen LogP contribution < -0.4 is 10.6 Å². The summed E-state index contributed by atoms with van der Waals surface area (Å²) in [6, 6.07) is 7.43. The second-order valence-corrected chi connectivity index (χ2v) is 4.90. The molecular weight excluding hydrogens is 273 g/mol. The molecule has 2 heterocycles. The first kappa shape index (κ1) is 13.4. The van der Waals surface area contributed by atoms with Gasteiger partial charge in [-0.2, -0.15) is 0 Å². The summed E-state index contributed by atoms with van der Waals surface area (Å²) in [7, 11) is 0. The van der Waals surface area contributed by atoms with Crippen LogP contribution in [0.2, 0.25) is 0 Å². The SMILES string of the molecule is O=C1CC[C@@H](C(=O)Nc2ccc(F)c(-n3cccc3)c2)N1. The maximum absolute atomic E-state index is 13.8. The van der Waals surface area contributed by atoms with Crippen LogP contribution in [0.1, 0.15) is 12.8 Å². The van der Waals surface area contributed by atoms with Crippen LogP contribution in [0.3, 0.4) is 0 Å². The quantitative estimate of drug-likeness (QED) is 0.904. The van der Waals surface area contributed by atoms with E-state index >= 15 is 0 Å². The molecule has 1 saturated heterocycles. The van der Waals surface area contributed by atoms with Crippen LogP contribution >= 0.6 is 0 Å². The molecule has 6 heteroatoms. The minimum Gasteiger partial charge on any atom is -0.344 e. The molecule has 2 amide bonds. The summed E-state index contributed by atoms with van der Waals surface area (Å²) in [5, 5.41) is 5.30. The number of carbonyl (C=O) groups excluding carboxylic acids is 2. The molecule has 0 bridgehead atoms. The topological polar surface area (TPSA) is 63.1 Å². The van der Waals surface area contributed by atoms with Crippen molar-refractivity contribution in [1.29, 1.82) is 0 Å². The van der Waals surface area contributed by atoms with Gasteiger partial charge < -0.3 is 15.2 Å². The van der Waals surface area contributed by atoms with Crippen LogP contribution in [0.4, 0.5) is 10.1 Å². The molecule has 1 aliphatic rings. The number of carbonyl (C=O) groups is 2. The Labute approximate surface area is 120 Å². The van der Waals surface area contributed by atoms with Gasteiger partial charge in [0.1, 0.15) is 11.9 Å². The van der Waals surface area contributed by atoms with Crippen LogP contribution in [0.5, 0.6) is 0 Å². The smallest absolute Gasteiger partial charge is 0.246 e. The van der Waals surface area contributed by atoms with Crippen molar-refractivity contribution in [2.45, 2.75) is 18.9 Å². The maximum Gasteiger partial charge on any atom is 0.246 e. The van der Waals surface area contributed by atoms with Gasteiger partial charge in [-0.1, -0.05) is 0 Å². The summed E-state index contributed by atoms with van der Waals surface area (Å²) in [4.78, 5) is 23.1. The van der Waals surface area contributed by atoms with Gasteiger partial charge in [0.25, 0.3) is 0 Å². The average Bonchev–Trinajstić information content (AvgIpc) is 3.12. The van der Waals surface area contributed by atoms with Gasteiger partial charge in [-0.3, -0.25) is 9.59 Å². The summed E-state index contributed by atoms with van der Waals surface area (Å²) in [5.41, 5.74) is 0.847. The standard InChI is InChI=1S/C15H14FN3O2/c16-11-4-3-10(9-13(11)19-7-1-2-8-19)17-15(21)12-5-6-14(20)18-12/h1-4,7-9,12H,5-6H2,(H,17,21)(H,18,20)/t12-/m0/s1. The van der Waals surface area contributed by atoms with Gasteiger partial charge in [0, 0.05) is 24.5 Å². The van der Waals surface area contributed by atoms with E-state index in [4.69, 9.17) is 0 Å². The zero-order valence-corrected chi connectivity index (χ0v) is 11.2. The predicted molar refractivity (Wildman–Crippen MR) is 75.5 cm³/mol. The third-order valence-electron chi connectivity index (χ3n) is 3.41. The van der Waals surface area contributed by atoms with Crippen LogP contribution in [0.15, 0.2) is 42.7 Å². The lowest BCUT2D eigenvalue weighted by molar-refractivity contribution is -0.122. The Morgan fingerprint density at radius 1 is 1.33 bits per heavy atom. The number of anilines is 1. The molecule has 108 valence electrons. The van der Waals surface area contributed by atoms with Crippen molar-refractivity contribution in [1.82, 2.24) is 9.88 Å². The highest BCUT2D eigenvalue weighted by molar-refractivity contribution is 5.99. The number of hydrogen-bond acceptors (Lipinski definition) is 2. The summed E-state index contributed by atoms with van der Waals surface area (Å²) in [5.74, 6) is -0.786. The number of halogens is 1. The molecule has 1 aromatic carbocycles. The monoisotopic (exact) mass is 287 g/mol. The van der Waals surface area contributed by atoms with Crippen molar-refractivity contribution >= 4 is 17.5 Å². The molecule has 5 nitrogen and oxygen atoms in total. The fourth-order valence-electron chi connectivity index (χ4n) is 2.32. The van der Waals surface area contributed by atoms with Gasteiger partial charge in [0.05, 0.1) is 5.69 Å². The zero-order chi connectivity index (χ0) is 14.8. The largest absolute Gasteiger partial charge is 0.344 e. The van der Waals surface area contributed by atoms with Gasteiger partial charge >= 0.3 is 0 Å². The van der Waals surface area contributed by atoms with Crippen molar-refractivity contribution in [3.63, 3.8) is 0 Å². The minimum absolute atomic E-state index is 0.123. The van der Waals surface area contributed by atoms with Crippen LogP contribution in [0.25, 0.3) is 5.69 Å². The number of hydrogen-bond donors (Lipinski definition) is 2. The molecule has 0 aliphatic carbocycles. The lowest BCUT2D eigenvalue weighted by atomic mass is 10.2. The Bertz CT molecular complexity index is 682. The third-order valence-corrected chi connectivity index (χ3v) is 3.41. The molecule has 1 fully saturated rings. The minimum atomic E-state index is -0.516. The second-order valence-electron chi connectivity index (χ2n) is 4.90. The Kier molecular flexibility index (Phi) is 3.43. The van der Waals surface area contributed by atoms with Crippen LogP contribution in [-0.4, -0.2) is 22.4 Å². The first-order valence-corrected chi connectivity index (χ1v) is 6.66. The van der Waals surface area contributed by atoms with Crippen molar-refractivity contribution < 1.29 is 14.0 Å². The molecule has 3 rings (SSSR count). The molecule has 1 aliphatic heterocycles. The summed E-state index contributed by atoms with van der Waals surface area (Å²) in [6.45, 7) is 0. The van der Waals surface area contributed by atoms with Crippen molar-refractivity contribution in [3.05, 3.63) is 48.5 Å². The van der Waals surface area contributed by atoms with Crippen LogP contribution in [0, 0.1) is 5.82 Å². The van der Waals surface area contributed by atoms with E-state index in [9.17, 15) is 14.0 Å². The fourth-order valence-corrected chi connectivity index (χ4v) is 2.32. The first-order valence-electron chi connectivity index (χ1n) is 6.66. The summed E-state index contributed by atoms with van der Waals surface area (Å²) in [6.07, 6.45) is 4.29. The van der Waals surface area contributed by atoms with Crippen molar-refractivity contribution in [2.24, 2.45) is 0 Å². The molecule has 0 spiro atoms. The Morgan fingerprint density at radius 3 is 2.76 bits per heavy atom. The third kappa shape index (κ3) is 2.79. The number of amides is 2. The molecule has 2 N–H and O–H groups in total. The zero-order valence-electron chi connectivity index (χ0n) is 11.2. The highest BCUT2D eigenvalue weighted by Gasteiger charge is 2.27. The molecule has 1 atom stereocenters. The van der Waals surface area contributed by atoms with Crippen molar-refractivity contribution in [2.75, 3.05) is 5.32 Å². The van der Waals surface area contributed by atoms with E-state index in [1.54, 1.807) is 35.2 Å². The summed E-state index contributed by atoms with van der Waals surface area (Å²) < 4.78 is 15.5. The predicted octanol–water partition coefficient (Wildman–Crippen LogP) is 1.83. The first-order chi connectivity index (χ1) is 10.1. The molecule has 0 unspecified atom stereocenters. The highest BCUT2D eigenvalue weighted by atomic mass is 19.1. The summed E-state index contributed by atoms with van der Waals surface area (Å²) >= 11 is 0. The van der Waals surface area contributed by atoms with E-state index < -0.39 is 6.04 Å². The normalized spacial score (nSPS) is 17.6. The molecule has 0 saturated carbocycles. The van der Waals surface area contributed by atoms with Crippen LogP contribution in [-0.2, 0) is 9.59 Å². The van der Waals surface area contributed by atoms with Gasteiger partial charge in [0.2, 0.25) is 11.8 Å². The number of aromatic nitrogens is 1. The average molecular weight is 287 g/mol. The molecule has 1 aromatic heterocycles. The molecular formula is C15H14FN3O2. The highest BCUT2D eigenvalue weighted by Crippen LogP contribution is 2.20. The van der Waals surface area contributed by atoms with Gasteiger partial charge in [-0.05, 0) is 36.8 Å². The maximum atomic E-state index is 13.8. The van der Waals surface area contributed by atoms with E-state index in [-0.39, 0.29) is 17.6 Å². The van der Waals surface area contributed by atoms with Crippen molar-refractivity contribution in [3.8, 4) is 5.69 Å². The van der Waals surface area contributed by atoms with E-state index in [1.807, 2.05) is 0 Å². The van der Waals surface area contributed by atoms with E-state index in [2.05, 4.69) is 10.6 Å². The lowest BCUT2D eigenvalue weighted by Crippen LogP contribution is -2.37. The molecule has 21 heavy (non-hydrogen) atoms. The molecule has 2 aromatic rings. The van der Waals surface area contributed by atoms with E-state index in [1.165, 1.54) is 12.1 Å². The van der Waals surface area contributed by atoms with E-state index in [0.717, 1.165) is 0 Å². The van der Waals surface area contributed by atoms with Gasteiger partial charge in [-0.25, -0.2) is 4.39 Å². The number of rotatable bonds is 3. The molecule has 0 radical (unpaired) electrons. The Hall–Kier alpha value is -2.63. The lowest BCUT2D eigenvalue weighted by Gasteiger charge is -2.12. The fraction of sp³-hybridized carbons (Fsp3) is 0.200. The van der Waals surface area contributed by atoms with Gasteiger partial charge in [-0.15, -0.1) is 0 Å². The number of nitrogens with zero attached hydrogens (tertiary/aromatic N) is 1. The van der Waals surface area contributed by atoms with E-state index in [0.29, 0.717) is 24.2 Å². The second kappa shape index (κ2) is 5.40. The number of nitrogens with one attached hydrogen (secondary N) is 2. The Morgan fingerprint density at radius 2 is 2.10 bits per heavy atom. The Balaban J connectivity index is 1.79.